The average Bonchev–Trinajstić information content (AvgIpc) is 2.38. The lowest BCUT2D eigenvalue weighted by atomic mass is 9.68. The third kappa shape index (κ3) is 3.08. The van der Waals surface area contributed by atoms with Crippen LogP contribution in [0.1, 0.15) is 44.6 Å². The summed E-state index contributed by atoms with van der Waals surface area (Å²) in [7, 11) is 0. The van der Waals surface area contributed by atoms with Gasteiger partial charge in [-0.15, -0.1) is 13.2 Å². The predicted octanol–water partition coefficient (Wildman–Crippen LogP) is 4.34. The van der Waals surface area contributed by atoms with Crippen molar-refractivity contribution in [3.63, 3.8) is 0 Å². The van der Waals surface area contributed by atoms with Gasteiger partial charge in [0.25, 0.3) is 0 Å². The Morgan fingerprint density at radius 3 is 2.65 bits per heavy atom. The fourth-order valence-electron chi connectivity index (χ4n) is 3.26. The smallest absolute Gasteiger partial charge is 0.405 e. The summed E-state index contributed by atoms with van der Waals surface area (Å²) >= 11 is 0. The fraction of sp³-hybridized carbons (Fsp3) is 0.600. The first kappa shape index (κ1) is 15.2. The number of hydrogen-bond acceptors (Lipinski definition) is 2. The molecule has 0 saturated heterocycles. The molecule has 1 aliphatic rings. The summed E-state index contributed by atoms with van der Waals surface area (Å²) in [4.78, 5) is 0. The topological polar surface area (TPSA) is 35.2 Å². The standard InChI is InChI=1S/C15H20F3NO/c1-2-11-7-5-6-10-14(11,19)12-8-3-4-9-13(12)20-15(16,17)18/h3-4,8-9,11H,2,5-7,10,19H2,1H3. The van der Waals surface area contributed by atoms with Crippen LogP contribution in [0.3, 0.4) is 0 Å². The van der Waals surface area contributed by atoms with Gasteiger partial charge in [0.15, 0.2) is 0 Å². The van der Waals surface area contributed by atoms with E-state index in [1.807, 2.05) is 6.92 Å². The molecule has 1 aromatic rings. The molecule has 2 N–H and O–H groups in total. The van der Waals surface area contributed by atoms with Gasteiger partial charge in [0.2, 0.25) is 0 Å². The monoisotopic (exact) mass is 287 g/mol. The van der Waals surface area contributed by atoms with E-state index in [1.54, 1.807) is 12.1 Å². The first-order valence-corrected chi connectivity index (χ1v) is 7.01. The largest absolute Gasteiger partial charge is 0.573 e. The number of rotatable bonds is 3. The minimum Gasteiger partial charge on any atom is -0.405 e. The van der Waals surface area contributed by atoms with E-state index in [2.05, 4.69) is 4.74 Å². The highest BCUT2D eigenvalue weighted by Crippen LogP contribution is 2.45. The van der Waals surface area contributed by atoms with Crippen molar-refractivity contribution in [3.05, 3.63) is 29.8 Å². The molecule has 0 spiro atoms. The van der Waals surface area contributed by atoms with E-state index in [0.717, 1.165) is 25.7 Å². The zero-order chi connectivity index (χ0) is 14.8. The van der Waals surface area contributed by atoms with Crippen LogP contribution in [-0.4, -0.2) is 6.36 Å². The predicted molar refractivity (Wildman–Crippen MR) is 71.2 cm³/mol. The highest BCUT2D eigenvalue weighted by molar-refractivity contribution is 5.40. The Hall–Kier alpha value is -1.23. The summed E-state index contributed by atoms with van der Waals surface area (Å²) < 4.78 is 41.8. The minimum atomic E-state index is -4.69. The fourth-order valence-corrected chi connectivity index (χ4v) is 3.26. The maximum Gasteiger partial charge on any atom is 0.573 e. The Bertz CT molecular complexity index is 461. The SMILES string of the molecule is CCC1CCCCC1(N)c1ccccc1OC(F)(F)F. The Morgan fingerprint density at radius 2 is 2.00 bits per heavy atom. The van der Waals surface area contributed by atoms with Crippen molar-refractivity contribution in [2.24, 2.45) is 11.7 Å². The van der Waals surface area contributed by atoms with Crippen LogP contribution in [0.5, 0.6) is 5.75 Å². The van der Waals surface area contributed by atoms with E-state index in [-0.39, 0.29) is 11.7 Å². The van der Waals surface area contributed by atoms with Crippen molar-refractivity contribution >= 4 is 0 Å². The average molecular weight is 287 g/mol. The molecule has 1 fully saturated rings. The number of hydrogen-bond donors (Lipinski definition) is 1. The second-order valence-electron chi connectivity index (χ2n) is 5.44. The van der Waals surface area contributed by atoms with Crippen LogP contribution in [0.4, 0.5) is 13.2 Å². The van der Waals surface area contributed by atoms with Crippen molar-refractivity contribution in [2.45, 2.75) is 50.9 Å². The lowest BCUT2D eigenvalue weighted by Gasteiger charge is -2.42. The lowest BCUT2D eigenvalue weighted by molar-refractivity contribution is -0.275. The Labute approximate surface area is 117 Å². The quantitative estimate of drug-likeness (QED) is 0.897. The molecule has 0 aromatic heterocycles. The van der Waals surface area contributed by atoms with Crippen LogP contribution in [-0.2, 0) is 5.54 Å². The van der Waals surface area contributed by atoms with Gasteiger partial charge in [-0.1, -0.05) is 44.4 Å². The summed E-state index contributed by atoms with van der Waals surface area (Å²) in [6.45, 7) is 2.03. The van der Waals surface area contributed by atoms with Gasteiger partial charge in [-0.05, 0) is 24.8 Å². The van der Waals surface area contributed by atoms with Crippen LogP contribution in [0.15, 0.2) is 24.3 Å². The molecule has 2 nitrogen and oxygen atoms in total. The van der Waals surface area contributed by atoms with Crippen molar-refractivity contribution in [2.75, 3.05) is 0 Å². The first-order chi connectivity index (χ1) is 9.37. The number of alkyl halides is 3. The normalized spacial score (nSPS) is 27.4. The molecular formula is C15H20F3NO. The molecule has 0 amide bonds. The van der Waals surface area contributed by atoms with Gasteiger partial charge in [-0.3, -0.25) is 0 Å². The second-order valence-corrected chi connectivity index (χ2v) is 5.44. The number of halogens is 3. The van der Waals surface area contributed by atoms with Crippen molar-refractivity contribution < 1.29 is 17.9 Å². The molecule has 112 valence electrons. The molecule has 1 aromatic carbocycles. The summed E-state index contributed by atoms with van der Waals surface area (Å²) in [5.41, 5.74) is 6.26. The maximum absolute atomic E-state index is 12.5. The van der Waals surface area contributed by atoms with Gasteiger partial charge >= 0.3 is 6.36 Å². The van der Waals surface area contributed by atoms with Gasteiger partial charge in [0.1, 0.15) is 5.75 Å². The molecule has 0 radical (unpaired) electrons. The van der Waals surface area contributed by atoms with E-state index < -0.39 is 11.9 Å². The Kier molecular flexibility index (Phi) is 4.28. The highest BCUT2D eigenvalue weighted by atomic mass is 19.4. The molecule has 20 heavy (non-hydrogen) atoms. The lowest BCUT2D eigenvalue weighted by Crippen LogP contribution is -2.46. The van der Waals surface area contributed by atoms with Crippen molar-refractivity contribution in [3.8, 4) is 5.75 Å². The number of ether oxygens (including phenoxy) is 1. The van der Waals surface area contributed by atoms with Crippen LogP contribution >= 0.6 is 0 Å². The third-order valence-corrected chi connectivity index (χ3v) is 4.23. The zero-order valence-electron chi connectivity index (χ0n) is 11.5. The van der Waals surface area contributed by atoms with E-state index >= 15 is 0 Å². The van der Waals surface area contributed by atoms with Gasteiger partial charge in [0, 0.05) is 11.1 Å². The molecule has 0 bridgehead atoms. The summed E-state index contributed by atoms with van der Waals surface area (Å²) in [6, 6.07) is 6.26. The molecule has 1 aliphatic carbocycles. The Morgan fingerprint density at radius 1 is 1.30 bits per heavy atom. The molecule has 2 rings (SSSR count). The molecule has 0 aliphatic heterocycles. The first-order valence-electron chi connectivity index (χ1n) is 7.01. The molecule has 2 unspecified atom stereocenters. The van der Waals surface area contributed by atoms with E-state index in [9.17, 15) is 13.2 Å². The summed E-state index contributed by atoms with van der Waals surface area (Å²) in [6.07, 6.45) is -0.163. The van der Waals surface area contributed by atoms with E-state index in [1.165, 1.54) is 12.1 Å². The highest BCUT2D eigenvalue weighted by Gasteiger charge is 2.41. The summed E-state index contributed by atoms with van der Waals surface area (Å²) in [5.74, 6) is 0.0251. The zero-order valence-corrected chi connectivity index (χ0v) is 11.5. The van der Waals surface area contributed by atoms with Gasteiger partial charge in [0.05, 0.1) is 0 Å². The molecule has 1 saturated carbocycles. The number of benzene rings is 1. The number of para-hydroxylation sites is 1. The minimum absolute atomic E-state index is 0.164. The van der Waals surface area contributed by atoms with Crippen molar-refractivity contribution in [1.29, 1.82) is 0 Å². The van der Waals surface area contributed by atoms with Crippen LogP contribution in [0, 0.1) is 5.92 Å². The van der Waals surface area contributed by atoms with Crippen molar-refractivity contribution in [1.82, 2.24) is 0 Å². The Balaban J connectivity index is 2.40. The van der Waals surface area contributed by atoms with Gasteiger partial charge in [-0.25, -0.2) is 0 Å². The third-order valence-electron chi connectivity index (χ3n) is 4.23. The van der Waals surface area contributed by atoms with Gasteiger partial charge in [-0.2, -0.15) is 0 Å². The summed E-state index contributed by atoms with van der Waals surface area (Å²) in [5, 5.41) is 0. The molecule has 0 heterocycles. The maximum atomic E-state index is 12.5. The van der Waals surface area contributed by atoms with Crippen LogP contribution in [0.2, 0.25) is 0 Å². The van der Waals surface area contributed by atoms with Crippen LogP contribution < -0.4 is 10.5 Å². The van der Waals surface area contributed by atoms with E-state index in [4.69, 9.17) is 5.73 Å². The van der Waals surface area contributed by atoms with Gasteiger partial charge < -0.3 is 10.5 Å². The second kappa shape index (κ2) is 5.64. The molecule has 2 atom stereocenters. The van der Waals surface area contributed by atoms with Crippen LogP contribution in [0.25, 0.3) is 0 Å². The molecular weight excluding hydrogens is 267 g/mol. The number of nitrogens with two attached hydrogens (primary N) is 1. The molecule has 5 heteroatoms. The van der Waals surface area contributed by atoms with E-state index in [0.29, 0.717) is 12.0 Å².